The molecule has 0 radical (unpaired) electrons. The molecule has 0 aliphatic carbocycles. The number of benzene rings is 2. The number of hydrogen-bond acceptors (Lipinski definition) is 2. The Hall–Kier alpha value is -2.56. The number of aliphatic imine (C=N–C) groups is 1. The fraction of sp³-hybridized carbons (Fsp3) is 0.316. The number of nitrogens with one attached hydrogen (secondary N) is 2. The van der Waals surface area contributed by atoms with Crippen LogP contribution in [0.4, 0.5) is 4.39 Å². The minimum absolute atomic E-state index is 0.187. The number of ether oxygens (including phenoxy) is 1. The van der Waals surface area contributed by atoms with Crippen LogP contribution in [0.25, 0.3) is 0 Å². The third kappa shape index (κ3) is 4.98. The quantitative estimate of drug-likeness (QED) is 0.632. The zero-order valence-electron chi connectivity index (χ0n) is 14.4. The van der Waals surface area contributed by atoms with Gasteiger partial charge in [-0.25, -0.2) is 4.39 Å². The number of halogens is 1. The summed E-state index contributed by atoms with van der Waals surface area (Å²) in [5.41, 5.74) is 2.67. The fourth-order valence-electron chi connectivity index (χ4n) is 2.38. The van der Waals surface area contributed by atoms with E-state index in [1.165, 1.54) is 0 Å². The minimum atomic E-state index is -0.187. The van der Waals surface area contributed by atoms with Gasteiger partial charge in [-0.15, -0.1) is 0 Å². The van der Waals surface area contributed by atoms with Crippen LogP contribution < -0.4 is 15.4 Å². The molecule has 2 aromatic rings. The topological polar surface area (TPSA) is 45.7 Å². The Kier molecular flexibility index (Phi) is 6.61. The molecule has 0 bridgehead atoms. The van der Waals surface area contributed by atoms with Crippen molar-refractivity contribution >= 4 is 5.96 Å². The van der Waals surface area contributed by atoms with Crippen molar-refractivity contribution in [3.63, 3.8) is 0 Å². The lowest BCUT2D eigenvalue weighted by atomic mass is 10.1. The summed E-state index contributed by atoms with van der Waals surface area (Å²) in [7, 11) is 3.39. The molecule has 5 heteroatoms. The second kappa shape index (κ2) is 8.91. The van der Waals surface area contributed by atoms with E-state index in [0.717, 1.165) is 29.8 Å². The molecule has 2 N–H and O–H groups in total. The molecule has 2 aromatic carbocycles. The monoisotopic (exact) mass is 329 g/mol. The smallest absolute Gasteiger partial charge is 0.191 e. The number of guanidine groups is 1. The number of hydrogen-bond donors (Lipinski definition) is 2. The van der Waals surface area contributed by atoms with Crippen molar-refractivity contribution in [2.75, 3.05) is 20.7 Å². The molecule has 0 aliphatic rings. The van der Waals surface area contributed by atoms with Crippen LogP contribution in [0.3, 0.4) is 0 Å². The van der Waals surface area contributed by atoms with E-state index < -0.39 is 0 Å². The molecule has 0 saturated heterocycles. The van der Waals surface area contributed by atoms with Gasteiger partial charge in [0.25, 0.3) is 0 Å². The molecular formula is C19H24FN3O. The van der Waals surface area contributed by atoms with E-state index in [0.29, 0.717) is 18.1 Å². The lowest BCUT2D eigenvalue weighted by Crippen LogP contribution is -2.37. The average Bonchev–Trinajstić information content (AvgIpc) is 2.61. The molecular weight excluding hydrogens is 305 g/mol. The molecule has 4 nitrogen and oxygen atoms in total. The molecule has 0 spiro atoms. The van der Waals surface area contributed by atoms with Crippen LogP contribution in [0.15, 0.2) is 47.5 Å². The zero-order valence-corrected chi connectivity index (χ0v) is 14.4. The Morgan fingerprint density at radius 1 is 1.17 bits per heavy atom. The van der Waals surface area contributed by atoms with Crippen LogP contribution >= 0.6 is 0 Å². The normalized spacial score (nSPS) is 11.2. The summed E-state index contributed by atoms with van der Waals surface area (Å²) < 4.78 is 18.9. The van der Waals surface area contributed by atoms with E-state index in [2.05, 4.69) is 15.6 Å². The second-order valence-electron chi connectivity index (χ2n) is 5.50. The summed E-state index contributed by atoms with van der Waals surface area (Å²) in [6.07, 6.45) is 0.823. The van der Waals surface area contributed by atoms with E-state index in [1.807, 2.05) is 30.3 Å². The summed E-state index contributed by atoms with van der Waals surface area (Å²) in [6.45, 7) is 3.00. The molecule has 0 fully saturated rings. The van der Waals surface area contributed by atoms with E-state index in [-0.39, 0.29) is 5.82 Å². The van der Waals surface area contributed by atoms with E-state index in [1.54, 1.807) is 33.2 Å². The lowest BCUT2D eigenvalue weighted by Gasteiger charge is -2.13. The summed E-state index contributed by atoms with van der Waals surface area (Å²) >= 11 is 0. The van der Waals surface area contributed by atoms with Crippen molar-refractivity contribution in [3.05, 3.63) is 65.0 Å². The second-order valence-corrected chi connectivity index (χ2v) is 5.50. The van der Waals surface area contributed by atoms with E-state index in [9.17, 15) is 4.39 Å². The van der Waals surface area contributed by atoms with Gasteiger partial charge in [-0.2, -0.15) is 0 Å². The van der Waals surface area contributed by atoms with Gasteiger partial charge < -0.3 is 15.4 Å². The van der Waals surface area contributed by atoms with Gasteiger partial charge in [0, 0.05) is 20.1 Å². The van der Waals surface area contributed by atoms with Crippen LogP contribution in [0.5, 0.6) is 5.75 Å². The molecule has 0 heterocycles. The van der Waals surface area contributed by atoms with Crippen LogP contribution in [0.1, 0.15) is 16.7 Å². The number of rotatable bonds is 6. The van der Waals surface area contributed by atoms with Gasteiger partial charge in [0.15, 0.2) is 5.96 Å². The van der Waals surface area contributed by atoms with Gasteiger partial charge in [-0.05, 0) is 42.2 Å². The maximum atomic E-state index is 13.6. The SMILES string of the molecule is CN=C(NCCc1ccccc1OC)NCc1ccc(C)c(F)c1. The number of methoxy groups -OCH3 is 1. The first-order valence-corrected chi connectivity index (χ1v) is 7.95. The molecule has 0 amide bonds. The molecule has 0 unspecified atom stereocenters. The molecule has 0 saturated carbocycles. The van der Waals surface area contributed by atoms with Crippen LogP contribution in [0, 0.1) is 12.7 Å². The largest absolute Gasteiger partial charge is 0.496 e. The highest BCUT2D eigenvalue weighted by Gasteiger charge is 2.04. The highest BCUT2D eigenvalue weighted by atomic mass is 19.1. The first-order valence-electron chi connectivity index (χ1n) is 7.95. The molecule has 2 rings (SSSR count). The van der Waals surface area contributed by atoms with Crippen molar-refractivity contribution in [2.45, 2.75) is 19.9 Å². The van der Waals surface area contributed by atoms with Gasteiger partial charge in [-0.1, -0.05) is 30.3 Å². The summed E-state index contributed by atoms with van der Waals surface area (Å²) in [5, 5.41) is 6.44. The van der Waals surface area contributed by atoms with Crippen molar-refractivity contribution in [2.24, 2.45) is 4.99 Å². The Labute approximate surface area is 142 Å². The average molecular weight is 329 g/mol. The summed E-state index contributed by atoms with van der Waals surface area (Å²) in [6, 6.07) is 13.2. The van der Waals surface area contributed by atoms with Gasteiger partial charge >= 0.3 is 0 Å². The maximum Gasteiger partial charge on any atom is 0.191 e. The summed E-state index contributed by atoms with van der Waals surface area (Å²) in [4.78, 5) is 4.19. The van der Waals surface area contributed by atoms with E-state index >= 15 is 0 Å². The Morgan fingerprint density at radius 2 is 1.96 bits per heavy atom. The van der Waals surface area contributed by atoms with Gasteiger partial charge in [0.2, 0.25) is 0 Å². The third-order valence-electron chi connectivity index (χ3n) is 3.80. The molecule has 128 valence electrons. The van der Waals surface area contributed by atoms with Gasteiger partial charge in [-0.3, -0.25) is 4.99 Å². The van der Waals surface area contributed by atoms with Crippen molar-refractivity contribution < 1.29 is 9.13 Å². The minimum Gasteiger partial charge on any atom is -0.496 e. The van der Waals surface area contributed by atoms with Crippen LogP contribution in [-0.4, -0.2) is 26.7 Å². The standard InChI is InChI=1S/C19H24FN3O/c1-14-8-9-15(12-17(14)20)13-23-19(21-2)22-11-10-16-6-4-5-7-18(16)24-3/h4-9,12H,10-11,13H2,1-3H3,(H2,21,22,23). The molecule has 0 aliphatic heterocycles. The fourth-order valence-corrected chi connectivity index (χ4v) is 2.38. The van der Waals surface area contributed by atoms with Gasteiger partial charge in [0.1, 0.15) is 11.6 Å². The maximum absolute atomic E-state index is 13.6. The highest BCUT2D eigenvalue weighted by Crippen LogP contribution is 2.17. The highest BCUT2D eigenvalue weighted by molar-refractivity contribution is 5.79. The Morgan fingerprint density at radius 3 is 2.67 bits per heavy atom. The molecule has 0 atom stereocenters. The number of aryl methyl sites for hydroxylation is 1. The number of para-hydroxylation sites is 1. The van der Waals surface area contributed by atoms with Crippen molar-refractivity contribution in [3.8, 4) is 5.75 Å². The first kappa shape index (κ1) is 17.8. The summed E-state index contributed by atoms with van der Waals surface area (Å²) in [5.74, 6) is 1.39. The van der Waals surface area contributed by atoms with Crippen LogP contribution in [0.2, 0.25) is 0 Å². The van der Waals surface area contributed by atoms with Gasteiger partial charge in [0.05, 0.1) is 7.11 Å². The lowest BCUT2D eigenvalue weighted by molar-refractivity contribution is 0.409. The van der Waals surface area contributed by atoms with E-state index in [4.69, 9.17) is 4.74 Å². The predicted molar refractivity (Wildman–Crippen MR) is 96.0 cm³/mol. The zero-order chi connectivity index (χ0) is 17.4. The first-order chi connectivity index (χ1) is 11.6. The van der Waals surface area contributed by atoms with Crippen molar-refractivity contribution in [1.82, 2.24) is 10.6 Å². The number of nitrogens with zero attached hydrogens (tertiary/aromatic N) is 1. The Balaban J connectivity index is 1.83. The molecule has 24 heavy (non-hydrogen) atoms. The third-order valence-corrected chi connectivity index (χ3v) is 3.80. The van der Waals surface area contributed by atoms with Crippen LogP contribution in [-0.2, 0) is 13.0 Å². The predicted octanol–water partition coefficient (Wildman–Crippen LogP) is 3.05. The molecule has 0 aromatic heterocycles. The van der Waals surface area contributed by atoms with Crippen molar-refractivity contribution in [1.29, 1.82) is 0 Å². The Bertz CT molecular complexity index is 701.